The number of fused-ring (bicyclic) bond motifs is 1. The molecule has 2 atom stereocenters. The molecule has 2 unspecified atom stereocenters. The molecule has 2 aromatic rings. The molecule has 0 saturated carbocycles. The molecule has 5 nitrogen and oxygen atoms in total. The Hall–Kier alpha value is -2.30. The van der Waals surface area contributed by atoms with Crippen LogP contribution in [0.15, 0.2) is 30.6 Å². The summed E-state index contributed by atoms with van der Waals surface area (Å²) in [6.07, 6.45) is 5.59. The maximum atomic E-state index is 12.2. The van der Waals surface area contributed by atoms with Gasteiger partial charge in [-0.25, -0.2) is 4.79 Å². The molecule has 1 aliphatic rings. The zero-order chi connectivity index (χ0) is 19.1. The lowest BCUT2D eigenvalue weighted by atomic mass is 9.77. The standard InChI is InChI=1S/C21H29N3O2/c1-14(23-19(25)26-20(2,3)4)21(5)10-9-15-7-8-16(11-18(15)21)17-12-22-24(6)13-17/h7-8,11-14H,9-10H2,1-6H3,(H,23,25). The number of rotatable bonds is 3. The van der Waals surface area contributed by atoms with Gasteiger partial charge in [-0.3, -0.25) is 4.68 Å². The van der Waals surface area contributed by atoms with Crippen molar-refractivity contribution in [2.75, 3.05) is 0 Å². The zero-order valence-electron chi connectivity index (χ0n) is 16.6. The first kappa shape index (κ1) is 18.5. The monoisotopic (exact) mass is 355 g/mol. The van der Waals surface area contributed by atoms with E-state index in [0.29, 0.717) is 0 Å². The van der Waals surface area contributed by atoms with E-state index in [1.807, 2.05) is 44.9 Å². The van der Waals surface area contributed by atoms with Gasteiger partial charge in [0.05, 0.1) is 6.20 Å². The highest BCUT2D eigenvalue weighted by atomic mass is 16.6. The number of carbonyl (C=O) groups is 1. The molecule has 1 aliphatic carbocycles. The Labute approximate surface area is 155 Å². The van der Waals surface area contributed by atoms with Gasteiger partial charge in [0.2, 0.25) is 0 Å². The van der Waals surface area contributed by atoms with Crippen molar-refractivity contribution in [3.63, 3.8) is 0 Å². The molecule has 1 N–H and O–H groups in total. The highest BCUT2D eigenvalue weighted by Crippen LogP contribution is 2.43. The van der Waals surface area contributed by atoms with Crippen molar-refractivity contribution in [3.05, 3.63) is 41.7 Å². The second-order valence-corrected chi connectivity index (χ2v) is 8.56. The maximum Gasteiger partial charge on any atom is 0.407 e. The number of hydrogen-bond acceptors (Lipinski definition) is 3. The fourth-order valence-corrected chi connectivity index (χ4v) is 3.70. The van der Waals surface area contributed by atoms with E-state index in [9.17, 15) is 4.79 Å². The van der Waals surface area contributed by atoms with Gasteiger partial charge in [0.15, 0.2) is 0 Å². The first-order chi connectivity index (χ1) is 12.1. The van der Waals surface area contributed by atoms with Crippen molar-refractivity contribution >= 4 is 6.09 Å². The van der Waals surface area contributed by atoms with E-state index in [1.54, 1.807) is 0 Å². The molecule has 0 fully saturated rings. The average molecular weight is 355 g/mol. The largest absolute Gasteiger partial charge is 0.444 e. The predicted octanol–water partition coefficient (Wildman–Crippen LogP) is 4.20. The normalized spacial score (nSPS) is 20.5. The fourth-order valence-electron chi connectivity index (χ4n) is 3.70. The van der Waals surface area contributed by atoms with Crippen molar-refractivity contribution in [1.82, 2.24) is 15.1 Å². The fraction of sp³-hybridized carbons (Fsp3) is 0.524. The van der Waals surface area contributed by atoms with Crippen molar-refractivity contribution in [2.45, 2.75) is 64.5 Å². The summed E-state index contributed by atoms with van der Waals surface area (Å²) in [5.41, 5.74) is 4.32. The lowest BCUT2D eigenvalue weighted by Crippen LogP contribution is -2.47. The number of nitrogens with zero attached hydrogens (tertiary/aromatic N) is 2. The second-order valence-electron chi connectivity index (χ2n) is 8.56. The number of nitrogens with one attached hydrogen (secondary N) is 1. The molecule has 140 valence electrons. The van der Waals surface area contributed by atoms with Crippen molar-refractivity contribution in [3.8, 4) is 11.1 Å². The van der Waals surface area contributed by atoms with Gasteiger partial charge in [-0.1, -0.05) is 25.1 Å². The third-order valence-corrected chi connectivity index (χ3v) is 5.37. The van der Waals surface area contributed by atoms with Gasteiger partial charge in [0.1, 0.15) is 5.60 Å². The van der Waals surface area contributed by atoms with Crippen LogP contribution in [0.3, 0.4) is 0 Å². The Morgan fingerprint density at radius 2 is 2.08 bits per heavy atom. The zero-order valence-corrected chi connectivity index (χ0v) is 16.6. The van der Waals surface area contributed by atoms with Crippen LogP contribution < -0.4 is 5.32 Å². The molecule has 26 heavy (non-hydrogen) atoms. The SMILES string of the molecule is CC(NC(=O)OC(C)(C)C)C1(C)CCc2ccc(-c3cnn(C)c3)cc21. The van der Waals surface area contributed by atoms with Crippen LogP contribution in [0.25, 0.3) is 11.1 Å². The van der Waals surface area contributed by atoms with E-state index in [-0.39, 0.29) is 17.6 Å². The van der Waals surface area contributed by atoms with Crippen LogP contribution in [0.1, 0.15) is 52.2 Å². The second kappa shape index (κ2) is 6.45. The van der Waals surface area contributed by atoms with Crippen molar-refractivity contribution in [1.29, 1.82) is 0 Å². The first-order valence-electron chi connectivity index (χ1n) is 9.20. The summed E-state index contributed by atoms with van der Waals surface area (Å²) in [6, 6.07) is 6.60. The molecule has 5 heteroatoms. The predicted molar refractivity (Wildman–Crippen MR) is 103 cm³/mol. The Bertz CT molecular complexity index is 819. The van der Waals surface area contributed by atoms with Crippen LogP contribution in [-0.2, 0) is 23.6 Å². The Morgan fingerprint density at radius 3 is 2.69 bits per heavy atom. The van der Waals surface area contributed by atoms with Crippen LogP contribution in [-0.4, -0.2) is 27.5 Å². The molecule has 1 aromatic carbocycles. The number of hydrogen-bond donors (Lipinski definition) is 1. The summed E-state index contributed by atoms with van der Waals surface area (Å²) in [5, 5.41) is 7.32. The van der Waals surface area contributed by atoms with Crippen LogP contribution in [0.4, 0.5) is 4.79 Å². The highest BCUT2D eigenvalue weighted by Gasteiger charge is 2.40. The third kappa shape index (κ3) is 3.62. The molecule has 3 rings (SSSR count). The number of alkyl carbamates (subject to hydrolysis) is 1. The number of aromatic nitrogens is 2. The quantitative estimate of drug-likeness (QED) is 0.897. The summed E-state index contributed by atoms with van der Waals surface area (Å²) in [4.78, 5) is 12.2. The third-order valence-electron chi connectivity index (χ3n) is 5.37. The average Bonchev–Trinajstić information content (AvgIpc) is 3.10. The van der Waals surface area contributed by atoms with Crippen molar-refractivity contribution in [2.24, 2.45) is 7.05 Å². The number of carbonyl (C=O) groups excluding carboxylic acids is 1. The minimum atomic E-state index is -0.494. The van der Waals surface area contributed by atoms with E-state index in [2.05, 4.69) is 42.5 Å². The van der Waals surface area contributed by atoms with Crippen molar-refractivity contribution < 1.29 is 9.53 Å². The molecule has 1 heterocycles. The molecule has 0 saturated heterocycles. The lowest BCUT2D eigenvalue weighted by Gasteiger charge is -2.34. The van der Waals surface area contributed by atoms with Crippen LogP contribution in [0, 0.1) is 0 Å². The number of amides is 1. The van der Waals surface area contributed by atoms with Gasteiger partial charge in [0, 0.05) is 30.3 Å². The topological polar surface area (TPSA) is 56.1 Å². The van der Waals surface area contributed by atoms with Gasteiger partial charge < -0.3 is 10.1 Å². The molecule has 1 amide bonds. The molecular weight excluding hydrogens is 326 g/mol. The minimum Gasteiger partial charge on any atom is -0.444 e. The Kier molecular flexibility index (Phi) is 4.59. The van der Waals surface area contributed by atoms with E-state index >= 15 is 0 Å². The lowest BCUT2D eigenvalue weighted by molar-refractivity contribution is 0.0485. The Balaban J connectivity index is 1.85. The summed E-state index contributed by atoms with van der Waals surface area (Å²) >= 11 is 0. The first-order valence-corrected chi connectivity index (χ1v) is 9.20. The summed E-state index contributed by atoms with van der Waals surface area (Å²) in [6.45, 7) is 9.93. The minimum absolute atomic E-state index is 0.0252. The van der Waals surface area contributed by atoms with Gasteiger partial charge in [-0.15, -0.1) is 0 Å². The van der Waals surface area contributed by atoms with E-state index in [1.165, 1.54) is 11.1 Å². The molecule has 0 bridgehead atoms. The molecule has 0 radical (unpaired) electrons. The van der Waals surface area contributed by atoms with Gasteiger partial charge in [-0.2, -0.15) is 5.10 Å². The maximum absolute atomic E-state index is 12.2. The molecular formula is C21H29N3O2. The Morgan fingerprint density at radius 1 is 1.35 bits per heavy atom. The summed E-state index contributed by atoms with van der Waals surface area (Å²) in [7, 11) is 1.92. The van der Waals surface area contributed by atoms with Gasteiger partial charge in [0.25, 0.3) is 0 Å². The molecule has 0 aliphatic heterocycles. The van der Waals surface area contributed by atoms with Gasteiger partial charge >= 0.3 is 6.09 Å². The van der Waals surface area contributed by atoms with E-state index in [0.717, 1.165) is 24.0 Å². The smallest absolute Gasteiger partial charge is 0.407 e. The summed E-state index contributed by atoms with van der Waals surface area (Å²) < 4.78 is 7.25. The summed E-state index contributed by atoms with van der Waals surface area (Å²) in [5.74, 6) is 0. The number of ether oxygens (including phenoxy) is 1. The van der Waals surface area contributed by atoms with Crippen LogP contribution >= 0.6 is 0 Å². The van der Waals surface area contributed by atoms with Gasteiger partial charge in [-0.05, 0) is 57.2 Å². The van der Waals surface area contributed by atoms with E-state index in [4.69, 9.17) is 4.74 Å². The highest BCUT2D eigenvalue weighted by molar-refractivity contribution is 5.69. The van der Waals surface area contributed by atoms with E-state index < -0.39 is 5.60 Å². The molecule has 1 aromatic heterocycles. The number of aryl methyl sites for hydroxylation is 2. The molecule has 0 spiro atoms. The number of benzene rings is 1. The van der Waals surface area contributed by atoms with Crippen LogP contribution in [0.5, 0.6) is 0 Å². The van der Waals surface area contributed by atoms with Crippen LogP contribution in [0.2, 0.25) is 0 Å².